The molecule has 3 nitrogen and oxygen atoms in total. The van der Waals surface area contributed by atoms with Crippen molar-refractivity contribution in [3.8, 4) is 17.6 Å². The quantitative estimate of drug-likeness (QED) is 0.858. The second kappa shape index (κ2) is 6.47. The number of aliphatic hydroxyl groups excluding tert-OH is 1. The molecule has 0 aromatic heterocycles. The van der Waals surface area contributed by atoms with E-state index in [4.69, 9.17) is 10.00 Å². The summed E-state index contributed by atoms with van der Waals surface area (Å²) in [4.78, 5) is 1.15. The molecule has 1 atom stereocenters. The molecule has 0 spiro atoms. The van der Waals surface area contributed by atoms with E-state index in [1.807, 2.05) is 30.5 Å². The molecular formula is C16H15NO2S. The molecule has 1 unspecified atom stereocenters. The van der Waals surface area contributed by atoms with Crippen LogP contribution in [0.4, 0.5) is 0 Å². The molecule has 0 amide bonds. The Morgan fingerprint density at radius 2 is 1.90 bits per heavy atom. The molecule has 2 aromatic rings. The third kappa shape index (κ3) is 3.32. The zero-order valence-corrected chi connectivity index (χ0v) is 12.1. The summed E-state index contributed by atoms with van der Waals surface area (Å²) in [7, 11) is 0. The number of benzene rings is 2. The summed E-state index contributed by atoms with van der Waals surface area (Å²) in [5, 5.41) is 18.7. The third-order valence-corrected chi connectivity index (χ3v) is 3.62. The van der Waals surface area contributed by atoms with Gasteiger partial charge in [-0.2, -0.15) is 5.26 Å². The number of nitrogens with zero attached hydrogens (tertiary/aromatic N) is 1. The molecule has 102 valence electrons. The average Bonchev–Trinajstić information content (AvgIpc) is 2.47. The largest absolute Gasteiger partial charge is 0.457 e. The lowest BCUT2D eigenvalue weighted by molar-refractivity contribution is 0.195. The van der Waals surface area contributed by atoms with E-state index in [9.17, 15) is 5.11 Å². The highest BCUT2D eigenvalue weighted by atomic mass is 32.2. The topological polar surface area (TPSA) is 53.2 Å². The van der Waals surface area contributed by atoms with Gasteiger partial charge in [0.15, 0.2) is 0 Å². The Hall–Kier alpha value is -1.96. The van der Waals surface area contributed by atoms with E-state index in [-0.39, 0.29) is 0 Å². The van der Waals surface area contributed by atoms with Gasteiger partial charge in [0.25, 0.3) is 0 Å². The molecule has 1 N–H and O–H groups in total. The van der Waals surface area contributed by atoms with Gasteiger partial charge in [-0.3, -0.25) is 0 Å². The fourth-order valence-electron chi connectivity index (χ4n) is 1.81. The molecule has 0 fully saturated rings. The first kappa shape index (κ1) is 14.4. The molecule has 0 aliphatic heterocycles. The highest BCUT2D eigenvalue weighted by Gasteiger charge is 2.11. The van der Waals surface area contributed by atoms with Crippen LogP contribution in [0.25, 0.3) is 0 Å². The second-order valence-corrected chi connectivity index (χ2v) is 5.20. The third-order valence-electron chi connectivity index (χ3n) is 2.88. The summed E-state index contributed by atoms with van der Waals surface area (Å²) in [5.74, 6) is 1.19. The SMILES string of the molecule is CSc1ccc(Oc2cc(C#N)ccc2C(C)O)cc1. The smallest absolute Gasteiger partial charge is 0.134 e. The minimum absolute atomic E-state index is 0.505. The number of aliphatic hydroxyl groups is 1. The average molecular weight is 285 g/mol. The standard InChI is InChI=1S/C16H15NO2S/c1-11(18)15-8-3-12(10-17)9-16(15)19-13-4-6-14(20-2)7-5-13/h3-9,11,18H,1-2H3. The van der Waals surface area contributed by atoms with Gasteiger partial charge in [0.1, 0.15) is 11.5 Å². The Morgan fingerprint density at radius 1 is 1.20 bits per heavy atom. The maximum Gasteiger partial charge on any atom is 0.134 e. The van der Waals surface area contributed by atoms with Crippen LogP contribution < -0.4 is 4.74 Å². The Morgan fingerprint density at radius 3 is 2.45 bits per heavy atom. The lowest BCUT2D eigenvalue weighted by Gasteiger charge is -2.13. The highest BCUT2D eigenvalue weighted by Crippen LogP contribution is 2.31. The normalized spacial score (nSPS) is 11.7. The summed E-state index contributed by atoms with van der Waals surface area (Å²) < 4.78 is 5.79. The Balaban J connectivity index is 2.33. The molecular weight excluding hydrogens is 270 g/mol. The van der Waals surface area contributed by atoms with Gasteiger partial charge >= 0.3 is 0 Å². The van der Waals surface area contributed by atoms with E-state index in [1.54, 1.807) is 36.9 Å². The molecule has 2 rings (SSSR count). The number of nitriles is 1. The Bertz CT molecular complexity index is 630. The van der Waals surface area contributed by atoms with E-state index in [1.165, 1.54) is 0 Å². The molecule has 4 heteroatoms. The second-order valence-electron chi connectivity index (χ2n) is 4.32. The Labute approximate surface area is 122 Å². The fourth-order valence-corrected chi connectivity index (χ4v) is 2.22. The van der Waals surface area contributed by atoms with Crippen molar-refractivity contribution in [1.29, 1.82) is 5.26 Å². The maximum absolute atomic E-state index is 9.76. The van der Waals surface area contributed by atoms with Crippen molar-refractivity contribution in [1.82, 2.24) is 0 Å². The predicted molar refractivity (Wildman–Crippen MR) is 80.1 cm³/mol. The first-order valence-corrected chi connectivity index (χ1v) is 7.40. The summed E-state index contributed by atoms with van der Waals surface area (Å²) in [6, 6.07) is 14.8. The van der Waals surface area contributed by atoms with Gasteiger partial charge in [-0.25, -0.2) is 0 Å². The van der Waals surface area contributed by atoms with Gasteiger partial charge in [-0.05, 0) is 49.6 Å². The minimum atomic E-state index is -0.650. The van der Waals surface area contributed by atoms with Crippen LogP contribution in [0.3, 0.4) is 0 Å². The number of hydrogen-bond acceptors (Lipinski definition) is 4. The van der Waals surface area contributed by atoms with Crippen LogP contribution in [0, 0.1) is 11.3 Å². The lowest BCUT2D eigenvalue weighted by atomic mass is 10.1. The molecule has 20 heavy (non-hydrogen) atoms. The predicted octanol–water partition coefficient (Wildman–Crippen LogP) is 4.13. The van der Waals surface area contributed by atoms with Crippen molar-refractivity contribution >= 4 is 11.8 Å². The van der Waals surface area contributed by atoms with Gasteiger partial charge in [0.05, 0.1) is 17.7 Å². The van der Waals surface area contributed by atoms with Crippen LogP contribution in [0.15, 0.2) is 47.4 Å². The Kier molecular flexibility index (Phi) is 4.67. The summed E-state index contributed by atoms with van der Waals surface area (Å²) in [5.41, 5.74) is 1.17. The van der Waals surface area contributed by atoms with Crippen LogP contribution in [-0.2, 0) is 0 Å². The highest BCUT2D eigenvalue weighted by molar-refractivity contribution is 7.98. The minimum Gasteiger partial charge on any atom is -0.457 e. The van der Waals surface area contributed by atoms with Crippen molar-refractivity contribution < 1.29 is 9.84 Å². The number of thioether (sulfide) groups is 1. The molecule has 0 bridgehead atoms. The van der Waals surface area contributed by atoms with Gasteiger partial charge in [-0.1, -0.05) is 6.07 Å². The lowest BCUT2D eigenvalue weighted by Crippen LogP contribution is -1.97. The van der Waals surface area contributed by atoms with E-state index in [2.05, 4.69) is 6.07 Å². The summed E-state index contributed by atoms with van der Waals surface area (Å²) in [6.07, 6.45) is 1.36. The van der Waals surface area contributed by atoms with Crippen molar-refractivity contribution in [2.45, 2.75) is 17.9 Å². The van der Waals surface area contributed by atoms with E-state index in [0.717, 1.165) is 4.90 Å². The van der Waals surface area contributed by atoms with Crippen LogP contribution in [-0.4, -0.2) is 11.4 Å². The van der Waals surface area contributed by atoms with Crippen molar-refractivity contribution in [2.75, 3.05) is 6.26 Å². The monoisotopic (exact) mass is 285 g/mol. The van der Waals surface area contributed by atoms with Crippen molar-refractivity contribution in [3.63, 3.8) is 0 Å². The van der Waals surface area contributed by atoms with Gasteiger partial charge in [0.2, 0.25) is 0 Å². The van der Waals surface area contributed by atoms with Crippen molar-refractivity contribution in [3.05, 3.63) is 53.6 Å². The number of rotatable bonds is 4. The molecule has 0 heterocycles. The zero-order chi connectivity index (χ0) is 14.5. The molecule has 0 saturated heterocycles. The first-order chi connectivity index (χ1) is 9.63. The molecule has 0 aliphatic carbocycles. The van der Waals surface area contributed by atoms with Crippen molar-refractivity contribution in [2.24, 2.45) is 0 Å². The molecule has 0 radical (unpaired) electrons. The van der Waals surface area contributed by atoms with E-state index >= 15 is 0 Å². The number of ether oxygens (including phenoxy) is 1. The fraction of sp³-hybridized carbons (Fsp3) is 0.188. The van der Waals surface area contributed by atoms with Crippen LogP contribution in [0.1, 0.15) is 24.2 Å². The van der Waals surface area contributed by atoms with Gasteiger partial charge in [-0.15, -0.1) is 11.8 Å². The van der Waals surface area contributed by atoms with E-state index in [0.29, 0.717) is 22.6 Å². The number of hydrogen-bond donors (Lipinski definition) is 1. The first-order valence-electron chi connectivity index (χ1n) is 6.18. The van der Waals surface area contributed by atoms with Crippen LogP contribution >= 0.6 is 11.8 Å². The van der Waals surface area contributed by atoms with Gasteiger partial charge < -0.3 is 9.84 Å². The van der Waals surface area contributed by atoms with E-state index < -0.39 is 6.10 Å². The summed E-state index contributed by atoms with van der Waals surface area (Å²) in [6.45, 7) is 1.67. The van der Waals surface area contributed by atoms with Crippen LogP contribution in [0.5, 0.6) is 11.5 Å². The van der Waals surface area contributed by atoms with Crippen LogP contribution in [0.2, 0.25) is 0 Å². The maximum atomic E-state index is 9.76. The summed E-state index contributed by atoms with van der Waals surface area (Å²) >= 11 is 1.66. The molecule has 2 aromatic carbocycles. The van der Waals surface area contributed by atoms with Gasteiger partial charge in [0, 0.05) is 10.5 Å². The molecule has 0 saturated carbocycles. The zero-order valence-electron chi connectivity index (χ0n) is 11.3. The molecule has 0 aliphatic rings.